The molecule has 0 bridgehead atoms. The Balaban J connectivity index is 1.97. The topological polar surface area (TPSA) is 52.6 Å². The third-order valence-corrected chi connectivity index (χ3v) is 4.20. The number of carboxylic acid groups (broad SMARTS) is 1. The van der Waals surface area contributed by atoms with Crippen LogP contribution in [0.4, 0.5) is 0 Å². The molecule has 92 valence electrons. The molecule has 0 aromatic rings. The van der Waals surface area contributed by atoms with E-state index in [9.17, 15) is 4.79 Å². The minimum absolute atomic E-state index is 0.115. The quantitative estimate of drug-likeness (QED) is 0.730. The molecule has 2 saturated heterocycles. The number of rotatable bonds is 2. The van der Waals surface area contributed by atoms with Crippen LogP contribution in [0.3, 0.4) is 0 Å². The Hall–Kier alpha value is -0.610. The van der Waals surface area contributed by atoms with Crippen molar-refractivity contribution in [1.29, 1.82) is 0 Å². The highest BCUT2D eigenvalue weighted by Crippen LogP contribution is 2.30. The first kappa shape index (κ1) is 11.9. The molecule has 0 amide bonds. The van der Waals surface area contributed by atoms with Crippen LogP contribution < -0.4 is 5.32 Å². The van der Waals surface area contributed by atoms with Gasteiger partial charge in [-0.15, -0.1) is 0 Å². The van der Waals surface area contributed by atoms with E-state index in [4.69, 9.17) is 5.11 Å². The van der Waals surface area contributed by atoms with Gasteiger partial charge >= 0.3 is 5.97 Å². The monoisotopic (exact) mass is 226 g/mol. The highest BCUT2D eigenvalue weighted by atomic mass is 16.4. The van der Waals surface area contributed by atoms with Crippen molar-refractivity contribution in [3.05, 3.63) is 0 Å². The lowest BCUT2D eigenvalue weighted by molar-refractivity contribution is -0.144. The molecule has 4 heteroatoms. The van der Waals surface area contributed by atoms with E-state index in [2.05, 4.69) is 17.3 Å². The molecule has 2 aliphatic rings. The second-order valence-corrected chi connectivity index (χ2v) is 5.19. The zero-order valence-corrected chi connectivity index (χ0v) is 9.98. The predicted octanol–water partition coefficient (Wildman–Crippen LogP) is 0.781. The number of likely N-dealkylation sites (tertiary alicyclic amines) is 1. The van der Waals surface area contributed by atoms with E-state index in [-0.39, 0.29) is 5.92 Å². The van der Waals surface area contributed by atoms with Crippen molar-refractivity contribution in [2.75, 3.05) is 26.7 Å². The SMILES string of the molecule is CN1CCC(C(=O)O)CC1C1CCNCC1. The largest absolute Gasteiger partial charge is 0.481 e. The maximum absolute atomic E-state index is 11.1. The van der Waals surface area contributed by atoms with Crippen LogP contribution in [0.25, 0.3) is 0 Å². The van der Waals surface area contributed by atoms with Crippen LogP contribution in [-0.4, -0.2) is 48.7 Å². The third-order valence-electron chi connectivity index (χ3n) is 4.20. The lowest BCUT2D eigenvalue weighted by Gasteiger charge is -2.41. The van der Waals surface area contributed by atoms with Crippen molar-refractivity contribution in [3.8, 4) is 0 Å². The molecule has 4 nitrogen and oxygen atoms in total. The number of hydrogen-bond donors (Lipinski definition) is 2. The van der Waals surface area contributed by atoms with E-state index in [1.165, 1.54) is 12.8 Å². The third kappa shape index (κ3) is 2.55. The molecule has 2 atom stereocenters. The fourth-order valence-electron chi connectivity index (χ4n) is 3.12. The summed E-state index contributed by atoms with van der Waals surface area (Å²) in [6, 6.07) is 0.483. The van der Waals surface area contributed by atoms with E-state index >= 15 is 0 Å². The average Bonchev–Trinajstić information content (AvgIpc) is 2.30. The maximum Gasteiger partial charge on any atom is 0.306 e. The van der Waals surface area contributed by atoms with E-state index in [1.807, 2.05) is 0 Å². The fraction of sp³-hybridized carbons (Fsp3) is 0.917. The Morgan fingerprint density at radius 3 is 2.62 bits per heavy atom. The van der Waals surface area contributed by atoms with Crippen molar-refractivity contribution in [3.63, 3.8) is 0 Å². The standard InChI is InChI=1S/C12H22N2O2/c1-14-7-4-10(12(15)16)8-11(14)9-2-5-13-6-3-9/h9-11,13H,2-8H2,1H3,(H,15,16). The lowest BCUT2D eigenvalue weighted by Crippen LogP contribution is -2.48. The Labute approximate surface area is 97.0 Å². The summed E-state index contributed by atoms with van der Waals surface area (Å²) in [6.45, 7) is 3.12. The molecule has 0 aliphatic carbocycles. The van der Waals surface area contributed by atoms with Gasteiger partial charge in [-0.2, -0.15) is 0 Å². The first-order chi connectivity index (χ1) is 7.68. The zero-order chi connectivity index (χ0) is 11.5. The number of carbonyl (C=O) groups is 1. The molecule has 0 aromatic carbocycles. The summed E-state index contributed by atoms with van der Waals surface area (Å²) in [7, 11) is 2.14. The van der Waals surface area contributed by atoms with Gasteiger partial charge in [0, 0.05) is 6.04 Å². The first-order valence-corrected chi connectivity index (χ1v) is 6.32. The molecule has 16 heavy (non-hydrogen) atoms. The van der Waals surface area contributed by atoms with Crippen molar-refractivity contribution in [2.24, 2.45) is 11.8 Å². The van der Waals surface area contributed by atoms with Crippen molar-refractivity contribution < 1.29 is 9.90 Å². The number of nitrogens with zero attached hydrogens (tertiary/aromatic N) is 1. The van der Waals surface area contributed by atoms with Crippen molar-refractivity contribution in [1.82, 2.24) is 10.2 Å². The number of carboxylic acids is 1. The van der Waals surface area contributed by atoms with Gasteiger partial charge in [0.25, 0.3) is 0 Å². The van der Waals surface area contributed by atoms with Crippen LogP contribution in [0, 0.1) is 11.8 Å². The Morgan fingerprint density at radius 2 is 2.00 bits per heavy atom. The van der Waals surface area contributed by atoms with Gasteiger partial charge < -0.3 is 15.3 Å². The Bertz CT molecular complexity index is 251. The molecule has 2 fully saturated rings. The lowest BCUT2D eigenvalue weighted by atomic mass is 9.80. The minimum atomic E-state index is -0.605. The van der Waals surface area contributed by atoms with Crippen LogP contribution in [0.15, 0.2) is 0 Å². The predicted molar refractivity (Wildman–Crippen MR) is 62.4 cm³/mol. The molecule has 0 saturated carbocycles. The highest BCUT2D eigenvalue weighted by molar-refractivity contribution is 5.70. The molecule has 0 spiro atoms. The Morgan fingerprint density at radius 1 is 1.31 bits per heavy atom. The van der Waals surface area contributed by atoms with E-state index in [0.717, 1.165) is 32.5 Å². The molecular formula is C12H22N2O2. The van der Waals surface area contributed by atoms with Crippen LogP contribution >= 0.6 is 0 Å². The molecule has 2 rings (SSSR count). The second kappa shape index (κ2) is 5.15. The van der Waals surface area contributed by atoms with Crippen molar-refractivity contribution in [2.45, 2.75) is 31.7 Å². The smallest absolute Gasteiger partial charge is 0.306 e. The summed E-state index contributed by atoms with van der Waals surface area (Å²) < 4.78 is 0. The molecule has 0 radical (unpaired) electrons. The van der Waals surface area contributed by atoms with Crippen LogP contribution in [0.1, 0.15) is 25.7 Å². The van der Waals surface area contributed by atoms with Gasteiger partial charge in [0.15, 0.2) is 0 Å². The molecule has 2 aliphatic heterocycles. The molecule has 0 aromatic heterocycles. The molecule has 2 heterocycles. The average molecular weight is 226 g/mol. The maximum atomic E-state index is 11.1. The van der Waals surface area contributed by atoms with E-state index in [0.29, 0.717) is 12.0 Å². The molecule has 2 unspecified atom stereocenters. The summed E-state index contributed by atoms with van der Waals surface area (Å²) in [5, 5.41) is 12.5. The van der Waals surface area contributed by atoms with Crippen molar-refractivity contribution >= 4 is 5.97 Å². The van der Waals surface area contributed by atoms with Crippen LogP contribution in [0.2, 0.25) is 0 Å². The zero-order valence-electron chi connectivity index (χ0n) is 9.98. The summed E-state index contributed by atoms with van der Waals surface area (Å²) >= 11 is 0. The number of nitrogens with one attached hydrogen (secondary N) is 1. The second-order valence-electron chi connectivity index (χ2n) is 5.19. The number of hydrogen-bond acceptors (Lipinski definition) is 3. The number of aliphatic carboxylic acids is 1. The van der Waals surface area contributed by atoms with Gasteiger partial charge in [-0.3, -0.25) is 4.79 Å². The van der Waals surface area contributed by atoms with E-state index in [1.54, 1.807) is 0 Å². The molecule has 2 N–H and O–H groups in total. The molecular weight excluding hydrogens is 204 g/mol. The normalized spacial score (nSPS) is 33.8. The van der Waals surface area contributed by atoms with Gasteiger partial charge in [0.05, 0.1) is 5.92 Å². The summed E-state index contributed by atoms with van der Waals surface area (Å²) in [4.78, 5) is 13.4. The summed E-state index contributed by atoms with van der Waals surface area (Å²) in [6.07, 6.45) is 4.05. The van der Waals surface area contributed by atoms with E-state index < -0.39 is 5.97 Å². The highest BCUT2D eigenvalue weighted by Gasteiger charge is 2.35. The van der Waals surface area contributed by atoms with Gasteiger partial charge in [-0.1, -0.05) is 0 Å². The Kier molecular flexibility index (Phi) is 3.82. The number of piperidine rings is 2. The first-order valence-electron chi connectivity index (χ1n) is 6.32. The van der Waals surface area contributed by atoms with Crippen LogP contribution in [-0.2, 0) is 4.79 Å². The minimum Gasteiger partial charge on any atom is -0.481 e. The van der Waals surface area contributed by atoms with Gasteiger partial charge in [-0.05, 0) is 58.3 Å². The van der Waals surface area contributed by atoms with Crippen LogP contribution in [0.5, 0.6) is 0 Å². The fourth-order valence-corrected chi connectivity index (χ4v) is 3.12. The summed E-state index contributed by atoms with van der Waals surface area (Å²) in [5.41, 5.74) is 0. The van der Waals surface area contributed by atoms with Gasteiger partial charge in [0.1, 0.15) is 0 Å². The summed E-state index contributed by atoms with van der Waals surface area (Å²) in [5.74, 6) is -0.0310. The van der Waals surface area contributed by atoms with Gasteiger partial charge in [0.2, 0.25) is 0 Å². The van der Waals surface area contributed by atoms with Gasteiger partial charge in [-0.25, -0.2) is 0 Å².